The molecule has 0 bridgehead atoms. The van der Waals surface area contributed by atoms with E-state index in [1.165, 1.54) is 6.42 Å². The second kappa shape index (κ2) is 3.88. The lowest BCUT2D eigenvalue weighted by molar-refractivity contribution is -0.137. The Morgan fingerprint density at radius 3 is 2.81 bits per heavy atom. The molecule has 1 aromatic heterocycles. The van der Waals surface area contributed by atoms with E-state index in [0.717, 1.165) is 32.4 Å². The Labute approximate surface area is 94.4 Å². The Balaban J connectivity index is 1.62. The summed E-state index contributed by atoms with van der Waals surface area (Å²) in [7, 11) is 0. The third kappa shape index (κ3) is 1.60. The van der Waals surface area contributed by atoms with Gasteiger partial charge in [-0.25, -0.2) is 4.68 Å². The molecule has 2 fully saturated rings. The quantitative estimate of drug-likeness (QED) is 0.742. The van der Waals surface area contributed by atoms with E-state index in [2.05, 4.69) is 10.3 Å². The van der Waals surface area contributed by atoms with Crippen molar-refractivity contribution >= 4 is 5.91 Å². The first-order valence-electron chi connectivity index (χ1n) is 5.99. The summed E-state index contributed by atoms with van der Waals surface area (Å²) in [6.45, 7) is 1.68. The highest BCUT2D eigenvalue weighted by Gasteiger charge is 2.34. The van der Waals surface area contributed by atoms with Gasteiger partial charge in [-0.2, -0.15) is 0 Å². The zero-order valence-electron chi connectivity index (χ0n) is 9.25. The molecule has 1 aliphatic carbocycles. The van der Waals surface area contributed by atoms with Crippen molar-refractivity contribution in [1.29, 1.82) is 0 Å². The molecule has 0 spiro atoms. The number of hydrogen-bond donors (Lipinski definition) is 0. The zero-order chi connectivity index (χ0) is 11.0. The minimum Gasteiger partial charge on any atom is -0.340 e. The topological polar surface area (TPSA) is 51.0 Å². The van der Waals surface area contributed by atoms with Gasteiger partial charge in [0.1, 0.15) is 0 Å². The molecular formula is C11H16N4O. The molecule has 1 atom stereocenters. The minimum absolute atomic E-state index is 0.314. The van der Waals surface area contributed by atoms with Crippen molar-refractivity contribution in [2.24, 2.45) is 5.92 Å². The monoisotopic (exact) mass is 220 g/mol. The highest BCUT2D eigenvalue weighted by atomic mass is 16.2. The highest BCUT2D eigenvalue weighted by molar-refractivity contribution is 5.79. The van der Waals surface area contributed by atoms with E-state index < -0.39 is 0 Å². The first-order chi connectivity index (χ1) is 7.84. The molecule has 1 saturated heterocycles. The van der Waals surface area contributed by atoms with Crippen LogP contribution in [-0.4, -0.2) is 38.9 Å². The smallest absolute Gasteiger partial charge is 0.225 e. The summed E-state index contributed by atoms with van der Waals surface area (Å²) in [5, 5.41) is 7.81. The predicted octanol–water partition coefficient (Wildman–Crippen LogP) is 0.852. The van der Waals surface area contributed by atoms with Crippen LogP contribution in [0.1, 0.15) is 31.7 Å². The summed E-state index contributed by atoms with van der Waals surface area (Å²) < 4.78 is 1.87. The lowest BCUT2D eigenvalue weighted by Crippen LogP contribution is -2.37. The van der Waals surface area contributed by atoms with Crippen molar-refractivity contribution < 1.29 is 4.79 Å². The van der Waals surface area contributed by atoms with Crippen LogP contribution in [0.2, 0.25) is 0 Å². The van der Waals surface area contributed by atoms with Gasteiger partial charge in [-0.1, -0.05) is 11.6 Å². The normalized spacial score (nSPS) is 25.8. The number of carbonyl (C=O) groups excluding carboxylic acids is 1. The number of hydrogen-bond acceptors (Lipinski definition) is 3. The average Bonchev–Trinajstić information content (AvgIpc) is 2.86. The number of nitrogens with zero attached hydrogens (tertiary/aromatic N) is 4. The van der Waals surface area contributed by atoms with E-state index >= 15 is 0 Å². The molecule has 86 valence electrons. The van der Waals surface area contributed by atoms with Gasteiger partial charge in [-0.05, 0) is 19.3 Å². The van der Waals surface area contributed by atoms with Crippen LogP contribution >= 0.6 is 0 Å². The Hall–Kier alpha value is -1.39. The van der Waals surface area contributed by atoms with Gasteiger partial charge in [0, 0.05) is 25.2 Å². The van der Waals surface area contributed by atoms with E-state index in [4.69, 9.17) is 0 Å². The standard InChI is InChI=1S/C11H16N4O/c16-11(9-2-1-3-9)14-6-4-10(8-14)15-7-5-12-13-15/h5,7,9-10H,1-4,6,8H2/t10-/m1/s1. The molecule has 0 unspecified atom stereocenters. The van der Waals surface area contributed by atoms with Crippen LogP contribution in [0.4, 0.5) is 0 Å². The molecule has 1 amide bonds. The molecule has 0 radical (unpaired) electrons. The van der Waals surface area contributed by atoms with E-state index in [1.807, 2.05) is 15.8 Å². The fraction of sp³-hybridized carbons (Fsp3) is 0.727. The third-order valence-corrected chi connectivity index (χ3v) is 3.74. The Bertz CT molecular complexity index is 371. The van der Waals surface area contributed by atoms with Crippen molar-refractivity contribution in [3.8, 4) is 0 Å². The Kier molecular flexibility index (Phi) is 2.38. The van der Waals surface area contributed by atoms with Crippen LogP contribution in [0.3, 0.4) is 0 Å². The number of likely N-dealkylation sites (tertiary alicyclic amines) is 1. The molecular weight excluding hydrogens is 204 g/mol. The van der Waals surface area contributed by atoms with Crippen LogP contribution in [0, 0.1) is 5.92 Å². The molecule has 3 rings (SSSR count). The van der Waals surface area contributed by atoms with Gasteiger partial charge in [0.2, 0.25) is 5.91 Å². The van der Waals surface area contributed by atoms with Gasteiger partial charge < -0.3 is 4.90 Å². The lowest BCUT2D eigenvalue weighted by atomic mass is 9.84. The van der Waals surface area contributed by atoms with E-state index in [-0.39, 0.29) is 0 Å². The summed E-state index contributed by atoms with van der Waals surface area (Å²) in [5.41, 5.74) is 0. The molecule has 1 aromatic rings. The lowest BCUT2D eigenvalue weighted by Gasteiger charge is -2.29. The number of aromatic nitrogens is 3. The van der Waals surface area contributed by atoms with Gasteiger partial charge >= 0.3 is 0 Å². The summed E-state index contributed by atoms with van der Waals surface area (Å²) >= 11 is 0. The van der Waals surface area contributed by atoms with Gasteiger partial charge in [0.15, 0.2) is 0 Å². The summed E-state index contributed by atoms with van der Waals surface area (Å²) in [5.74, 6) is 0.670. The second-order valence-electron chi connectivity index (χ2n) is 4.74. The van der Waals surface area contributed by atoms with Crippen LogP contribution in [-0.2, 0) is 4.79 Å². The number of carbonyl (C=O) groups is 1. The molecule has 0 N–H and O–H groups in total. The third-order valence-electron chi connectivity index (χ3n) is 3.74. The van der Waals surface area contributed by atoms with Gasteiger partial charge in [0.25, 0.3) is 0 Å². The summed E-state index contributed by atoms with van der Waals surface area (Å²) in [4.78, 5) is 14.0. The van der Waals surface area contributed by atoms with Gasteiger partial charge in [-0.15, -0.1) is 5.10 Å². The first-order valence-corrected chi connectivity index (χ1v) is 5.99. The maximum Gasteiger partial charge on any atom is 0.225 e. The van der Waals surface area contributed by atoms with Gasteiger partial charge in [0.05, 0.1) is 12.2 Å². The summed E-state index contributed by atoms with van der Waals surface area (Å²) in [6, 6.07) is 0.325. The molecule has 5 heteroatoms. The van der Waals surface area contributed by atoms with Crippen LogP contribution in [0.15, 0.2) is 12.4 Å². The molecule has 0 aromatic carbocycles. The van der Waals surface area contributed by atoms with E-state index in [0.29, 0.717) is 17.9 Å². The molecule has 5 nitrogen and oxygen atoms in total. The first kappa shape index (κ1) is 9.81. The average molecular weight is 220 g/mol. The van der Waals surface area contributed by atoms with E-state index in [9.17, 15) is 4.79 Å². The maximum absolute atomic E-state index is 12.0. The molecule has 2 aliphatic rings. The van der Waals surface area contributed by atoms with Crippen molar-refractivity contribution in [1.82, 2.24) is 19.9 Å². The van der Waals surface area contributed by atoms with Crippen molar-refractivity contribution in [3.05, 3.63) is 12.4 Å². The highest BCUT2D eigenvalue weighted by Crippen LogP contribution is 2.31. The zero-order valence-corrected chi connectivity index (χ0v) is 9.25. The number of rotatable bonds is 2. The second-order valence-corrected chi connectivity index (χ2v) is 4.74. The van der Waals surface area contributed by atoms with Gasteiger partial charge in [-0.3, -0.25) is 4.79 Å². The predicted molar refractivity (Wildman–Crippen MR) is 57.6 cm³/mol. The van der Waals surface area contributed by atoms with Crippen molar-refractivity contribution in [2.75, 3.05) is 13.1 Å². The van der Waals surface area contributed by atoms with Crippen LogP contribution < -0.4 is 0 Å². The molecule has 1 aliphatic heterocycles. The number of amides is 1. The molecule has 16 heavy (non-hydrogen) atoms. The Morgan fingerprint density at radius 1 is 1.31 bits per heavy atom. The van der Waals surface area contributed by atoms with Crippen molar-refractivity contribution in [2.45, 2.75) is 31.7 Å². The summed E-state index contributed by atoms with van der Waals surface area (Å²) in [6.07, 6.45) is 7.96. The van der Waals surface area contributed by atoms with E-state index in [1.54, 1.807) is 6.20 Å². The fourth-order valence-corrected chi connectivity index (χ4v) is 2.48. The van der Waals surface area contributed by atoms with Crippen LogP contribution in [0.25, 0.3) is 0 Å². The van der Waals surface area contributed by atoms with Crippen LogP contribution in [0.5, 0.6) is 0 Å². The maximum atomic E-state index is 12.0. The minimum atomic E-state index is 0.314. The molecule has 2 heterocycles. The SMILES string of the molecule is O=C(C1CCC1)N1CC[C@@H](n2ccnn2)C1. The largest absolute Gasteiger partial charge is 0.340 e. The molecule has 1 saturated carbocycles. The van der Waals surface area contributed by atoms with Crippen molar-refractivity contribution in [3.63, 3.8) is 0 Å². The fourth-order valence-electron chi connectivity index (χ4n) is 2.48. The Morgan fingerprint density at radius 2 is 2.19 bits per heavy atom.